The van der Waals surface area contributed by atoms with Crippen molar-refractivity contribution in [1.29, 1.82) is 0 Å². The van der Waals surface area contributed by atoms with Crippen LogP contribution >= 0.6 is 0 Å². The quantitative estimate of drug-likeness (QED) is 0.275. The summed E-state index contributed by atoms with van der Waals surface area (Å²) in [6.07, 6.45) is 0.840. The molecule has 0 spiro atoms. The Hall–Kier alpha value is -2.57. The van der Waals surface area contributed by atoms with Crippen LogP contribution in [0, 0.1) is 10.1 Å². The van der Waals surface area contributed by atoms with E-state index in [1.54, 1.807) is 0 Å². The number of hydrogen-bond donors (Lipinski definition) is 2. The van der Waals surface area contributed by atoms with Gasteiger partial charge in [-0.2, -0.15) is 0 Å². The van der Waals surface area contributed by atoms with Gasteiger partial charge in [-0.15, -0.1) is 0 Å². The van der Waals surface area contributed by atoms with E-state index in [1.807, 2.05) is 0 Å². The summed E-state index contributed by atoms with van der Waals surface area (Å²) in [7, 11) is 0. The van der Waals surface area contributed by atoms with Crippen LogP contribution in [0.4, 0.5) is 0 Å². The smallest absolute Gasteiger partial charge is 0.409 e. The molecule has 0 saturated carbocycles. The lowest BCUT2D eigenvalue weighted by Crippen LogP contribution is -2.14. The highest BCUT2D eigenvalue weighted by Gasteiger charge is 2.23. The average Bonchev–Trinajstić information content (AvgIpc) is 2.30. The van der Waals surface area contributed by atoms with Gasteiger partial charge < -0.3 is 14.9 Å². The Bertz CT molecular complexity index is 508. The van der Waals surface area contributed by atoms with Crippen molar-refractivity contribution in [3.63, 3.8) is 0 Å². The highest BCUT2D eigenvalue weighted by Crippen LogP contribution is 2.24. The number of phenols is 2. The first kappa shape index (κ1) is 13.5. The lowest BCUT2D eigenvalue weighted by atomic mass is 10.1. The second-order valence-corrected chi connectivity index (χ2v) is 3.25. The monoisotopic (exact) mass is 253 g/mol. The van der Waals surface area contributed by atoms with Crippen molar-refractivity contribution in [2.45, 2.75) is 6.92 Å². The van der Waals surface area contributed by atoms with Gasteiger partial charge in [-0.1, -0.05) is 0 Å². The fraction of sp³-hybridized carbons (Fsp3) is 0.182. The summed E-state index contributed by atoms with van der Waals surface area (Å²) in [5, 5.41) is 29.4. The third kappa shape index (κ3) is 3.21. The summed E-state index contributed by atoms with van der Waals surface area (Å²) in [6, 6.07) is 3.46. The van der Waals surface area contributed by atoms with Crippen molar-refractivity contribution in [2.75, 3.05) is 6.61 Å². The van der Waals surface area contributed by atoms with Gasteiger partial charge in [-0.25, -0.2) is 4.79 Å². The average molecular weight is 253 g/mol. The Morgan fingerprint density at radius 3 is 2.72 bits per heavy atom. The molecule has 0 amide bonds. The number of carbonyl (C=O) groups is 1. The molecule has 1 rings (SSSR count). The summed E-state index contributed by atoms with van der Waals surface area (Å²) in [6.45, 7) is 1.51. The minimum atomic E-state index is -1.11. The normalized spacial score (nSPS) is 11.1. The number of phenolic OH excluding ortho intramolecular Hbond substituents is 2. The molecule has 0 aliphatic heterocycles. The van der Waals surface area contributed by atoms with Gasteiger partial charge >= 0.3 is 11.7 Å². The molecule has 0 aliphatic rings. The van der Waals surface area contributed by atoms with Crippen LogP contribution in [0.2, 0.25) is 0 Å². The van der Waals surface area contributed by atoms with Crippen LogP contribution in [0.5, 0.6) is 11.5 Å². The molecule has 2 N–H and O–H groups in total. The summed E-state index contributed by atoms with van der Waals surface area (Å²) in [5.41, 5.74) is -0.868. The number of carbonyl (C=O) groups excluding carboxylic acids is 1. The highest BCUT2D eigenvalue weighted by atomic mass is 16.6. The summed E-state index contributed by atoms with van der Waals surface area (Å²) in [5.74, 6) is -1.59. The van der Waals surface area contributed by atoms with Crippen molar-refractivity contribution in [1.82, 2.24) is 0 Å². The van der Waals surface area contributed by atoms with Crippen LogP contribution in [0.15, 0.2) is 23.9 Å². The number of nitrogens with zero attached hydrogens (tertiary/aromatic N) is 1. The van der Waals surface area contributed by atoms with E-state index in [9.17, 15) is 25.1 Å². The van der Waals surface area contributed by atoms with Crippen molar-refractivity contribution >= 4 is 12.0 Å². The van der Waals surface area contributed by atoms with E-state index in [4.69, 9.17) is 0 Å². The van der Waals surface area contributed by atoms with E-state index in [-0.39, 0.29) is 23.7 Å². The van der Waals surface area contributed by atoms with Crippen LogP contribution in [0.3, 0.4) is 0 Å². The number of nitro groups is 1. The van der Waals surface area contributed by atoms with Gasteiger partial charge in [0, 0.05) is 11.6 Å². The predicted molar refractivity (Wildman–Crippen MR) is 61.4 cm³/mol. The van der Waals surface area contributed by atoms with Gasteiger partial charge in [0.1, 0.15) is 11.5 Å². The molecule has 1 aromatic carbocycles. The molecule has 0 fully saturated rings. The first-order valence-corrected chi connectivity index (χ1v) is 5.01. The number of ether oxygens (including phenoxy) is 1. The Labute approximate surface area is 102 Å². The number of aromatic hydroxyl groups is 2. The molecule has 1 aromatic rings. The fourth-order valence-electron chi connectivity index (χ4n) is 1.20. The van der Waals surface area contributed by atoms with E-state index >= 15 is 0 Å². The van der Waals surface area contributed by atoms with Gasteiger partial charge in [0.15, 0.2) is 0 Å². The Morgan fingerprint density at radius 1 is 1.50 bits per heavy atom. The number of rotatable bonds is 4. The van der Waals surface area contributed by atoms with E-state index in [2.05, 4.69) is 4.74 Å². The molecule has 0 radical (unpaired) electrons. The third-order valence-electron chi connectivity index (χ3n) is 1.98. The van der Waals surface area contributed by atoms with Gasteiger partial charge in [-0.3, -0.25) is 10.1 Å². The maximum Gasteiger partial charge on any atom is 0.409 e. The second-order valence-electron chi connectivity index (χ2n) is 3.25. The molecule has 0 saturated heterocycles. The molecule has 7 nitrogen and oxygen atoms in total. The van der Waals surface area contributed by atoms with Gasteiger partial charge in [-0.05, 0) is 25.1 Å². The zero-order chi connectivity index (χ0) is 13.7. The van der Waals surface area contributed by atoms with Crippen molar-refractivity contribution in [3.8, 4) is 11.5 Å². The highest BCUT2D eigenvalue weighted by molar-refractivity contribution is 5.91. The standard InChI is InChI=1S/C11H11NO6/c1-2-18-11(15)9(12(16)17)6-7-5-8(13)3-4-10(7)14/h3-6,13-14H,2H2,1H3/b9-6+. The number of esters is 1. The lowest BCUT2D eigenvalue weighted by molar-refractivity contribution is -0.419. The molecule has 0 heterocycles. The van der Waals surface area contributed by atoms with Crippen LogP contribution in [-0.4, -0.2) is 27.7 Å². The minimum absolute atomic E-state index is 0.00393. The van der Waals surface area contributed by atoms with Crippen LogP contribution in [-0.2, 0) is 9.53 Å². The first-order valence-electron chi connectivity index (χ1n) is 5.01. The first-order chi connectivity index (χ1) is 8.45. The van der Waals surface area contributed by atoms with E-state index in [1.165, 1.54) is 13.0 Å². The van der Waals surface area contributed by atoms with Crippen molar-refractivity contribution in [3.05, 3.63) is 39.6 Å². The van der Waals surface area contributed by atoms with Gasteiger partial charge in [0.25, 0.3) is 0 Å². The summed E-state index contributed by atoms with van der Waals surface area (Å²) < 4.78 is 4.51. The molecular weight excluding hydrogens is 242 g/mol. The predicted octanol–water partition coefficient (Wildman–Crippen LogP) is 1.28. The zero-order valence-electron chi connectivity index (χ0n) is 9.49. The second kappa shape index (κ2) is 5.67. The fourth-order valence-corrected chi connectivity index (χ4v) is 1.20. The Balaban J connectivity index is 3.20. The third-order valence-corrected chi connectivity index (χ3v) is 1.98. The van der Waals surface area contributed by atoms with Gasteiger partial charge in [0.05, 0.1) is 11.5 Å². The molecule has 96 valence electrons. The van der Waals surface area contributed by atoms with Crippen LogP contribution in [0.1, 0.15) is 12.5 Å². The lowest BCUT2D eigenvalue weighted by Gasteiger charge is -2.01. The van der Waals surface area contributed by atoms with E-state index < -0.39 is 16.6 Å². The minimum Gasteiger partial charge on any atom is -0.508 e. The number of benzene rings is 1. The SMILES string of the molecule is CCOC(=O)/C(=C\c1cc(O)ccc1O)[N+](=O)[O-]. The molecule has 18 heavy (non-hydrogen) atoms. The maximum atomic E-state index is 11.3. The van der Waals surface area contributed by atoms with E-state index in [0.717, 1.165) is 18.2 Å². The molecule has 0 atom stereocenters. The molecule has 0 aliphatic carbocycles. The molecule has 7 heteroatoms. The topological polar surface area (TPSA) is 110 Å². The van der Waals surface area contributed by atoms with Crippen LogP contribution < -0.4 is 0 Å². The summed E-state index contributed by atoms with van der Waals surface area (Å²) in [4.78, 5) is 21.1. The van der Waals surface area contributed by atoms with Crippen molar-refractivity contribution < 1.29 is 24.7 Å². The molecule has 0 unspecified atom stereocenters. The molecule has 0 aromatic heterocycles. The molecular formula is C11H11NO6. The van der Waals surface area contributed by atoms with Gasteiger partial charge in [0.2, 0.25) is 0 Å². The number of hydrogen-bond acceptors (Lipinski definition) is 6. The van der Waals surface area contributed by atoms with E-state index in [0.29, 0.717) is 0 Å². The Morgan fingerprint density at radius 2 is 2.17 bits per heavy atom. The van der Waals surface area contributed by atoms with Crippen molar-refractivity contribution in [2.24, 2.45) is 0 Å². The van der Waals surface area contributed by atoms with Crippen LogP contribution in [0.25, 0.3) is 6.08 Å². The summed E-state index contributed by atoms with van der Waals surface area (Å²) >= 11 is 0. The zero-order valence-corrected chi connectivity index (χ0v) is 9.49. The molecule has 0 bridgehead atoms. The maximum absolute atomic E-state index is 11.3. The largest absolute Gasteiger partial charge is 0.508 e. The Kier molecular flexibility index (Phi) is 4.25.